The highest BCUT2D eigenvalue weighted by atomic mass is 32.2. The SMILES string of the molecule is C=CCSCC1[C@@H](C(=O)O)C1(C)C. The van der Waals surface area contributed by atoms with E-state index in [1.54, 1.807) is 11.8 Å². The fourth-order valence-corrected chi connectivity index (χ4v) is 3.00. The summed E-state index contributed by atoms with van der Waals surface area (Å²) < 4.78 is 0. The van der Waals surface area contributed by atoms with Gasteiger partial charge in [0.2, 0.25) is 0 Å². The summed E-state index contributed by atoms with van der Waals surface area (Å²) in [6.45, 7) is 7.70. The summed E-state index contributed by atoms with van der Waals surface area (Å²) in [5.41, 5.74) is 0.00000331. The Labute approximate surface area is 83.4 Å². The van der Waals surface area contributed by atoms with Gasteiger partial charge in [-0.2, -0.15) is 11.8 Å². The van der Waals surface area contributed by atoms with Gasteiger partial charge >= 0.3 is 5.97 Å². The van der Waals surface area contributed by atoms with Gasteiger partial charge in [0.1, 0.15) is 0 Å². The van der Waals surface area contributed by atoms with E-state index in [0.29, 0.717) is 5.92 Å². The monoisotopic (exact) mass is 200 g/mol. The van der Waals surface area contributed by atoms with Crippen molar-refractivity contribution in [2.75, 3.05) is 11.5 Å². The van der Waals surface area contributed by atoms with E-state index >= 15 is 0 Å². The molecule has 1 fully saturated rings. The number of hydrogen-bond acceptors (Lipinski definition) is 2. The maximum absolute atomic E-state index is 10.8. The van der Waals surface area contributed by atoms with Crippen molar-refractivity contribution in [3.63, 3.8) is 0 Å². The lowest BCUT2D eigenvalue weighted by Gasteiger charge is -1.99. The molecule has 2 atom stereocenters. The highest BCUT2D eigenvalue weighted by Crippen LogP contribution is 2.59. The summed E-state index contributed by atoms with van der Waals surface area (Å²) in [4.78, 5) is 10.8. The van der Waals surface area contributed by atoms with Crippen LogP contribution in [0, 0.1) is 17.3 Å². The van der Waals surface area contributed by atoms with Gasteiger partial charge < -0.3 is 5.11 Å². The van der Waals surface area contributed by atoms with Crippen LogP contribution in [0.1, 0.15) is 13.8 Å². The fourth-order valence-electron chi connectivity index (χ4n) is 1.82. The lowest BCUT2D eigenvalue weighted by atomic mass is 10.1. The van der Waals surface area contributed by atoms with Crippen LogP contribution >= 0.6 is 11.8 Å². The second-order valence-corrected chi connectivity index (χ2v) is 5.14. The summed E-state index contributed by atoms with van der Waals surface area (Å²) in [5.74, 6) is 1.42. The minimum Gasteiger partial charge on any atom is -0.481 e. The minimum absolute atomic E-state index is 0.00000331. The van der Waals surface area contributed by atoms with Crippen LogP contribution in [0.3, 0.4) is 0 Å². The van der Waals surface area contributed by atoms with Gasteiger partial charge in [0.15, 0.2) is 0 Å². The molecular formula is C10H16O2S. The zero-order chi connectivity index (χ0) is 10.1. The predicted molar refractivity (Wildman–Crippen MR) is 55.9 cm³/mol. The molecule has 0 aromatic rings. The number of carbonyl (C=O) groups is 1. The third kappa shape index (κ3) is 2.08. The van der Waals surface area contributed by atoms with Crippen LogP contribution in [-0.4, -0.2) is 22.6 Å². The summed E-state index contributed by atoms with van der Waals surface area (Å²) in [6.07, 6.45) is 1.86. The van der Waals surface area contributed by atoms with Crippen molar-refractivity contribution < 1.29 is 9.90 Å². The molecule has 3 heteroatoms. The Morgan fingerprint density at radius 3 is 2.69 bits per heavy atom. The van der Waals surface area contributed by atoms with Gasteiger partial charge in [-0.3, -0.25) is 4.79 Å². The summed E-state index contributed by atoms with van der Waals surface area (Å²) in [7, 11) is 0. The first kappa shape index (κ1) is 10.6. The first-order valence-corrected chi connectivity index (χ1v) is 5.58. The molecule has 1 unspecified atom stereocenters. The average molecular weight is 200 g/mol. The number of carboxylic acids is 1. The average Bonchev–Trinajstić information content (AvgIpc) is 2.54. The largest absolute Gasteiger partial charge is 0.481 e. The first-order valence-electron chi connectivity index (χ1n) is 4.43. The molecule has 1 aliphatic rings. The van der Waals surface area contributed by atoms with Crippen molar-refractivity contribution in [1.82, 2.24) is 0 Å². The molecule has 0 spiro atoms. The highest BCUT2D eigenvalue weighted by Gasteiger charge is 2.61. The minimum atomic E-state index is -0.644. The molecule has 0 amide bonds. The van der Waals surface area contributed by atoms with Crippen molar-refractivity contribution in [3.05, 3.63) is 12.7 Å². The molecule has 1 rings (SSSR count). The van der Waals surface area contributed by atoms with E-state index < -0.39 is 5.97 Å². The van der Waals surface area contributed by atoms with Crippen LogP contribution in [0.4, 0.5) is 0 Å². The Morgan fingerprint density at radius 2 is 2.31 bits per heavy atom. The molecule has 2 nitrogen and oxygen atoms in total. The molecule has 0 radical (unpaired) electrons. The standard InChI is InChI=1S/C10H16O2S/c1-4-5-13-6-7-8(9(11)12)10(7,2)3/h4,7-8H,1,5-6H2,2-3H3,(H,11,12)/t7?,8-/m0/s1. The van der Waals surface area contributed by atoms with Crippen molar-refractivity contribution in [3.8, 4) is 0 Å². The Balaban J connectivity index is 2.37. The lowest BCUT2D eigenvalue weighted by Crippen LogP contribution is -2.03. The van der Waals surface area contributed by atoms with Gasteiger partial charge in [-0.1, -0.05) is 19.9 Å². The molecule has 0 heterocycles. The fraction of sp³-hybridized carbons (Fsp3) is 0.700. The van der Waals surface area contributed by atoms with Crippen LogP contribution in [0.5, 0.6) is 0 Å². The summed E-state index contributed by atoms with van der Waals surface area (Å²) in [5, 5.41) is 8.89. The molecule has 1 saturated carbocycles. The van der Waals surface area contributed by atoms with E-state index in [9.17, 15) is 4.79 Å². The van der Waals surface area contributed by atoms with Gasteiger partial charge in [-0.15, -0.1) is 6.58 Å². The van der Waals surface area contributed by atoms with Crippen molar-refractivity contribution in [1.29, 1.82) is 0 Å². The molecule has 74 valence electrons. The second-order valence-electron chi connectivity index (χ2n) is 4.07. The molecular weight excluding hydrogens is 184 g/mol. The third-order valence-electron chi connectivity index (χ3n) is 2.85. The number of hydrogen-bond donors (Lipinski definition) is 1. The maximum atomic E-state index is 10.8. The molecule has 1 aliphatic carbocycles. The maximum Gasteiger partial charge on any atom is 0.307 e. The Bertz CT molecular complexity index is 223. The molecule has 0 bridgehead atoms. The van der Waals surface area contributed by atoms with Crippen LogP contribution in [0.2, 0.25) is 0 Å². The molecule has 0 aliphatic heterocycles. The lowest BCUT2D eigenvalue weighted by molar-refractivity contribution is -0.139. The third-order valence-corrected chi connectivity index (χ3v) is 3.92. The number of rotatable bonds is 5. The van der Waals surface area contributed by atoms with Gasteiger partial charge in [-0.25, -0.2) is 0 Å². The summed E-state index contributed by atoms with van der Waals surface area (Å²) >= 11 is 1.77. The normalized spacial score (nSPS) is 29.7. The quantitative estimate of drug-likeness (QED) is 0.546. The van der Waals surface area contributed by atoms with Crippen molar-refractivity contribution in [2.24, 2.45) is 17.3 Å². The van der Waals surface area contributed by atoms with Gasteiger partial charge in [0.25, 0.3) is 0 Å². The number of aliphatic carboxylic acids is 1. The van der Waals surface area contributed by atoms with E-state index in [1.807, 2.05) is 19.9 Å². The zero-order valence-corrected chi connectivity index (χ0v) is 8.93. The zero-order valence-electron chi connectivity index (χ0n) is 8.12. The van der Waals surface area contributed by atoms with Crippen molar-refractivity contribution >= 4 is 17.7 Å². The highest BCUT2D eigenvalue weighted by molar-refractivity contribution is 7.99. The van der Waals surface area contributed by atoms with Crippen LogP contribution in [0.25, 0.3) is 0 Å². The molecule has 0 aromatic carbocycles. The number of carboxylic acid groups (broad SMARTS) is 1. The molecule has 13 heavy (non-hydrogen) atoms. The van der Waals surface area contributed by atoms with E-state index in [4.69, 9.17) is 5.11 Å². The second kappa shape index (κ2) is 3.74. The van der Waals surface area contributed by atoms with E-state index in [1.165, 1.54) is 0 Å². The first-order chi connectivity index (χ1) is 6.01. The van der Waals surface area contributed by atoms with Crippen LogP contribution < -0.4 is 0 Å². The van der Waals surface area contributed by atoms with E-state index in [-0.39, 0.29) is 11.3 Å². The summed E-state index contributed by atoms with van der Waals surface area (Å²) in [6, 6.07) is 0. The van der Waals surface area contributed by atoms with Gasteiger partial charge in [0.05, 0.1) is 5.92 Å². The van der Waals surface area contributed by atoms with Crippen LogP contribution in [-0.2, 0) is 4.79 Å². The van der Waals surface area contributed by atoms with E-state index in [2.05, 4.69) is 6.58 Å². The predicted octanol–water partition coefficient (Wildman–Crippen LogP) is 2.26. The Morgan fingerprint density at radius 1 is 1.69 bits per heavy atom. The number of thioether (sulfide) groups is 1. The Hall–Kier alpha value is -0.440. The molecule has 1 N–H and O–H groups in total. The van der Waals surface area contributed by atoms with Gasteiger partial charge in [-0.05, 0) is 17.1 Å². The molecule has 0 saturated heterocycles. The van der Waals surface area contributed by atoms with Gasteiger partial charge in [0, 0.05) is 5.75 Å². The van der Waals surface area contributed by atoms with Crippen molar-refractivity contribution in [2.45, 2.75) is 13.8 Å². The Kier molecular flexibility index (Phi) is 3.06. The molecule has 0 aromatic heterocycles. The van der Waals surface area contributed by atoms with E-state index in [0.717, 1.165) is 11.5 Å². The van der Waals surface area contributed by atoms with Crippen LogP contribution in [0.15, 0.2) is 12.7 Å². The topological polar surface area (TPSA) is 37.3 Å². The smallest absolute Gasteiger partial charge is 0.307 e.